The summed E-state index contributed by atoms with van der Waals surface area (Å²) in [6, 6.07) is 5.49. The summed E-state index contributed by atoms with van der Waals surface area (Å²) in [4.78, 5) is 4.45. The van der Waals surface area contributed by atoms with Crippen LogP contribution in [-0.2, 0) is 4.74 Å². The Bertz CT molecular complexity index is 1440. The fraction of sp³-hybridized carbons (Fsp3) is 0.261. The Morgan fingerprint density at radius 1 is 1.11 bits per heavy atom. The second kappa shape index (κ2) is 10.0. The summed E-state index contributed by atoms with van der Waals surface area (Å²) in [5.74, 6) is -3.67. The minimum absolute atomic E-state index is 0.0340. The van der Waals surface area contributed by atoms with Crippen LogP contribution in [0.4, 0.5) is 13.2 Å². The molecule has 1 aliphatic heterocycles. The molecule has 0 unspecified atom stereocenters. The van der Waals surface area contributed by atoms with E-state index in [2.05, 4.69) is 20.4 Å². The summed E-state index contributed by atoms with van der Waals surface area (Å²) >= 11 is 12.5. The van der Waals surface area contributed by atoms with Crippen molar-refractivity contribution in [2.45, 2.75) is 31.3 Å². The molecule has 3 heterocycles. The number of aromatic nitrogens is 6. The zero-order valence-corrected chi connectivity index (χ0v) is 20.4. The minimum atomic E-state index is -1.60. The van der Waals surface area contributed by atoms with Crippen LogP contribution in [0.5, 0.6) is 0 Å². The maximum absolute atomic E-state index is 13.7. The largest absolute Gasteiger partial charge is 0.394 e. The van der Waals surface area contributed by atoms with E-state index in [1.807, 2.05) is 0 Å². The van der Waals surface area contributed by atoms with Crippen LogP contribution >= 0.6 is 23.2 Å². The topological polar surface area (TPSA) is 111 Å². The lowest BCUT2D eigenvalue weighted by Gasteiger charge is -2.37. The van der Waals surface area contributed by atoms with Gasteiger partial charge in [-0.2, -0.15) is 5.10 Å². The van der Waals surface area contributed by atoms with Gasteiger partial charge in [-0.15, -0.1) is 5.10 Å². The minimum Gasteiger partial charge on any atom is -0.394 e. The van der Waals surface area contributed by atoms with Crippen molar-refractivity contribution in [1.82, 2.24) is 29.8 Å². The number of benzene rings is 2. The molecule has 2 aromatic heterocycles. The third-order valence-electron chi connectivity index (χ3n) is 5.83. The van der Waals surface area contributed by atoms with Gasteiger partial charge in [-0.1, -0.05) is 28.4 Å². The number of aliphatic hydroxyl groups excluding tert-OH is 2. The normalized spacial score (nSPS) is 21.9. The molecule has 1 saturated heterocycles. The first kappa shape index (κ1) is 25.6. The molecule has 4 aromatic rings. The molecular weight excluding hydrogens is 536 g/mol. The van der Waals surface area contributed by atoms with Gasteiger partial charge in [0.2, 0.25) is 0 Å². The lowest BCUT2D eigenvalue weighted by Crippen LogP contribution is -2.46. The Labute approximate surface area is 218 Å². The van der Waals surface area contributed by atoms with Crippen molar-refractivity contribution >= 4 is 23.2 Å². The standard InChI is InChI=1S/C23H18Cl2F3N6O3/c1-10-29-23(34(31-10)17-6-12(24)2-3-13(17)25)19-7-18(22(36)20(9-35)37-19)33-8-16(30-32-33)11-4-14(26)21(28)15(27)5-11/h2-8,18-20,22,35-36H,9H2,1H3/t18-,19-,20+,22+/m0/s1. The molecule has 0 spiro atoms. The summed E-state index contributed by atoms with van der Waals surface area (Å²) in [7, 11) is 0. The summed E-state index contributed by atoms with van der Waals surface area (Å²) < 4.78 is 49.4. The smallest absolute Gasteiger partial charge is 0.194 e. The van der Waals surface area contributed by atoms with E-state index in [1.165, 1.54) is 15.6 Å². The average Bonchev–Trinajstić information content (AvgIpc) is 3.51. The van der Waals surface area contributed by atoms with Crippen molar-refractivity contribution in [2.24, 2.45) is 0 Å². The Hall–Kier alpha value is -3.03. The number of aryl methyl sites for hydroxylation is 1. The third kappa shape index (κ3) is 4.82. The highest BCUT2D eigenvalue weighted by atomic mass is 35.5. The number of nitrogens with zero attached hydrogens (tertiary/aromatic N) is 6. The van der Waals surface area contributed by atoms with Crippen molar-refractivity contribution in [3.63, 3.8) is 0 Å². The van der Waals surface area contributed by atoms with E-state index in [9.17, 15) is 23.4 Å². The summed E-state index contributed by atoms with van der Waals surface area (Å²) in [5.41, 5.74) is 0.422. The number of rotatable bonds is 5. The van der Waals surface area contributed by atoms with E-state index in [1.54, 1.807) is 31.5 Å². The van der Waals surface area contributed by atoms with Crippen molar-refractivity contribution in [3.8, 4) is 16.9 Å². The molecule has 9 nitrogen and oxygen atoms in total. The number of hydrogen-bond donors (Lipinski definition) is 2. The second-order valence-corrected chi connectivity index (χ2v) is 9.16. The molecule has 37 heavy (non-hydrogen) atoms. The van der Waals surface area contributed by atoms with Gasteiger partial charge in [0.1, 0.15) is 29.8 Å². The second-order valence-electron chi connectivity index (χ2n) is 8.31. The van der Waals surface area contributed by atoms with E-state index in [0.29, 0.717) is 27.4 Å². The fourth-order valence-electron chi connectivity index (χ4n) is 4.07. The van der Waals surface area contributed by atoms with Crippen LogP contribution in [0.25, 0.3) is 16.9 Å². The van der Waals surface area contributed by atoms with E-state index in [0.717, 1.165) is 12.1 Å². The van der Waals surface area contributed by atoms with Crippen molar-refractivity contribution in [2.75, 3.05) is 6.61 Å². The number of halogens is 5. The molecule has 0 amide bonds. The molecule has 1 aliphatic rings. The van der Waals surface area contributed by atoms with Crippen molar-refractivity contribution in [1.29, 1.82) is 0 Å². The molecule has 14 heteroatoms. The summed E-state index contributed by atoms with van der Waals surface area (Å²) in [6.07, 6.45) is -0.343. The SMILES string of the molecule is Cc1nc([C@@H]2[CH][C@H](n3cc(-c4cc(F)c(F)c(F)c4)nn3)[C@@H](O)[C@@H](CO)O2)n(-c2cc(Cl)ccc2Cl)n1. The number of aliphatic hydroxyl groups is 2. The number of ether oxygens (including phenoxy) is 1. The third-order valence-corrected chi connectivity index (χ3v) is 6.38. The quantitative estimate of drug-likeness (QED) is 0.361. The Kier molecular flexibility index (Phi) is 6.94. The predicted octanol–water partition coefficient (Wildman–Crippen LogP) is 3.80. The Morgan fingerprint density at radius 3 is 2.54 bits per heavy atom. The maximum atomic E-state index is 13.7. The molecule has 1 fully saturated rings. The molecule has 0 bridgehead atoms. The average molecular weight is 554 g/mol. The molecule has 4 atom stereocenters. The van der Waals surface area contributed by atoms with Gasteiger partial charge in [-0.05, 0) is 37.3 Å². The van der Waals surface area contributed by atoms with Crippen LogP contribution in [0.15, 0.2) is 36.5 Å². The van der Waals surface area contributed by atoms with Gasteiger partial charge in [0.25, 0.3) is 0 Å². The molecule has 2 aromatic carbocycles. The van der Waals surface area contributed by atoms with Gasteiger partial charge >= 0.3 is 0 Å². The lowest BCUT2D eigenvalue weighted by atomic mass is 9.95. The summed E-state index contributed by atoms with van der Waals surface area (Å²) in [5, 5.41) is 33.8. The van der Waals surface area contributed by atoms with Crippen molar-refractivity contribution in [3.05, 3.63) is 82.1 Å². The molecule has 0 aliphatic carbocycles. The monoisotopic (exact) mass is 553 g/mol. The van der Waals surface area contributed by atoms with E-state index in [4.69, 9.17) is 27.9 Å². The zero-order chi connectivity index (χ0) is 26.4. The fourth-order valence-corrected chi connectivity index (χ4v) is 4.43. The van der Waals surface area contributed by atoms with Crippen LogP contribution in [0, 0.1) is 30.8 Å². The Balaban J connectivity index is 1.51. The highest BCUT2D eigenvalue weighted by Gasteiger charge is 2.42. The molecular formula is C23H18Cl2F3N6O3. The van der Waals surface area contributed by atoms with Gasteiger partial charge in [-0.25, -0.2) is 27.5 Å². The van der Waals surface area contributed by atoms with E-state index in [-0.39, 0.29) is 11.3 Å². The van der Waals surface area contributed by atoms with Crippen molar-refractivity contribution < 1.29 is 28.1 Å². The van der Waals surface area contributed by atoms with E-state index < -0.39 is 48.4 Å². The van der Waals surface area contributed by atoms with Gasteiger partial charge < -0.3 is 14.9 Å². The zero-order valence-electron chi connectivity index (χ0n) is 18.9. The first-order chi connectivity index (χ1) is 17.7. The lowest BCUT2D eigenvalue weighted by molar-refractivity contribution is -0.136. The molecule has 2 N–H and O–H groups in total. The first-order valence-corrected chi connectivity index (χ1v) is 11.7. The van der Waals surface area contributed by atoms with Gasteiger partial charge in [0.05, 0.1) is 29.6 Å². The predicted molar refractivity (Wildman–Crippen MR) is 125 cm³/mol. The maximum Gasteiger partial charge on any atom is 0.194 e. The van der Waals surface area contributed by atoms with Gasteiger partial charge in [-0.3, -0.25) is 0 Å². The van der Waals surface area contributed by atoms with Crippen LogP contribution in [0.1, 0.15) is 23.8 Å². The van der Waals surface area contributed by atoms with Crippen LogP contribution < -0.4 is 0 Å². The molecule has 5 rings (SSSR count). The Morgan fingerprint density at radius 2 is 1.84 bits per heavy atom. The highest BCUT2D eigenvalue weighted by Crippen LogP contribution is 2.38. The van der Waals surface area contributed by atoms with Gasteiger partial charge in [0, 0.05) is 17.0 Å². The van der Waals surface area contributed by atoms with Gasteiger partial charge in [0.15, 0.2) is 23.3 Å². The molecule has 1 radical (unpaired) electrons. The van der Waals surface area contributed by atoms with Crippen LogP contribution in [0.3, 0.4) is 0 Å². The number of hydrogen-bond acceptors (Lipinski definition) is 7. The molecule has 193 valence electrons. The van der Waals surface area contributed by atoms with E-state index >= 15 is 0 Å². The van der Waals surface area contributed by atoms with Crippen LogP contribution in [0.2, 0.25) is 10.0 Å². The first-order valence-electron chi connectivity index (χ1n) is 10.9. The summed E-state index contributed by atoms with van der Waals surface area (Å²) in [6.45, 7) is 1.13. The highest BCUT2D eigenvalue weighted by molar-refractivity contribution is 6.34. The molecule has 0 saturated carbocycles. The van der Waals surface area contributed by atoms with Crippen LogP contribution in [-0.4, -0.2) is 58.8 Å².